The zero-order valence-electron chi connectivity index (χ0n) is 17.6. The van der Waals surface area contributed by atoms with E-state index in [-0.39, 0.29) is 5.91 Å². The molecule has 0 saturated heterocycles. The van der Waals surface area contributed by atoms with Crippen LogP contribution in [0.2, 0.25) is 0 Å². The van der Waals surface area contributed by atoms with Gasteiger partial charge in [0, 0.05) is 36.5 Å². The monoisotopic (exact) mass is 423 g/mol. The highest BCUT2D eigenvalue weighted by Gasteiger charge is 2.15. The van der Waals surface area contributed by atoms with Gasteiger partial charge < -0.3 is 10.2 Å². The highest BCUT2D eigenvalue weighted by molar-refractivity contribution is 7.99. The minimum Gasteiger partial charge on any atom is -0.355 e. The van der Waals surface area contributed by atoms with Gasteiger partial charge in [0.1, 0.15) is 0 Å². The lowest BCUT2D eigenvalue weighted by Gasteiger charge is -2.11. The molecule has 7 heteroatoms. The van der Waals surface area contributed by atoms with Crippen molar-refractivity contribution < 1.29 is 4.79 Å². The predicted octanol–water partition coefficient (Wildman–Crippen LogP) is 3.87. The van der Waals surface area contributed by atoms with Crippen molar-refractivity contribution in [2.45, 2.75) is 24.4 Å². The van der Waals surface area contributed by atoms with Crippen LogP contribution in [0.3, 0.4) is 0 Å². The molecule has 3 aromatic rings. The van der Waals surface area contributed by atoms with Crippen molar-refractivity contribution in [2.24, 2.45) is 0 Å². The molecule has 0 atom stereocenters. The van der Waals surface area contributed by atoms with E-state index in [9.17, 15) is 4.79 Å². The number of amides is 1. The van der Waals surface area contributed by atoms with Crippen molar-refractivity contribution in [1.82, 2.24) is 25.0 Å². The van der Waals surface area contributed by atoms with Gasteiger partial charge in [-0.3, -0.25) is 9.36 Å². The van der Waals surface area contributed by atoms with Gasteiger partial charge in [0.05, 0.1) is 0 Å². The van der Waals surface area contributed by atoms with Crippen LogP contribution in [0.15, 0.2) is 65.8 Å². The van der Waals surface area contributed by atoms with Gasteiger partial charge in [-0.25, -0.2) is 0 Å². The second-order valence-corrected chi connectivity index (χ2v) is 8.36. The smallest absolute Gasteiger partial charge is 0.220 e. The lowest BCUT2D eigenvalue weighted by Crippen LogP contribution is -2.31. The minimum atomic E-state index is 0.126. The number of aromatic nitrogens is 3. The number of carbonyl (C=O) groups excluding carboxylic acids is 1. The van der Waals surface area contributed by atoms with Crippen LogP contribution in [0.5, 0.6) is 0 Å². The number of benzene rings is 2. The molecule has 0 aliphatic rings. The number of hydrogen-bond donors (Lipinski definition) is 1. The summed E-state index contributed by atoms with van der Waals surface area (Å²) in [5, 5.41) is 12.7. The van der Waals surface area contributed by atoms with E-state index in [1.165, 1.54) is 0 Å². The van der Waals surface area contributed by atoms with Crippen LogP contribution < -0.4 is 5.32 Å². The third-order valence-electron chi connectivity index (χ3n) is 4.59. The highest BCUT2D eigenvalue weighted by atomic mass is 32.2. The molecule has 0 aliphatic heterocycles. The lowest BCUT2D eigenvalue weighted by atomic mass is 10.2. The standard InChI is InChI=1S/C23H29N5OS/c1-27(2)17-16-24-21(29)15-9-10-18-30-23-26-25-22(19-11-5-3-6-12-19)28(23)20-13-7-4-8-14-20/h3-8,11-14H,9-10,15-18H2,1-2H3,(H,24,29). The molecule has 1 heterocycles. The maximum absolute atomic E-state index is 11.9. The summed E-state index contributed by atoms with van der Waals surface area (Å²) in [5.74, 6) is 1.86. The van der Waals surface area contributed by atoms with Gasteiger partial charge in [-0.2, -0.15) is 0 Å². The first-order valence-electron chi connectivity index (χ1n) is 10.3. The van der Waals surface area contributed by atoms with E-state index in [1.54, 1.807) is 11.8 Å². The number of carbonyl (C=O) groups is 1. The summed E-state index contributed by atoms with van der Waals surface area (Å²) < 4.78 is 2.11. The number of para-hydroxylation sites is 1. The molecule has 1 N–H and O–H groups in total. The average molecular weight is 424 g/mol. The maximum Gasteiger partial charge on any atom is 0.220 e. The van der Waals surface area contributed by atoms with E-state index in [0.29, 0.717) is 13.0 Å². The van der Waals surface area contributed by atoms with Crippen molar-refractivity contribution >= 4 is 17.7 Å². The number of thioether (sulfide) groups is 1. The van der Waals surface area contributed by atoms with Crippen LogP contribution in [0.25, 0.3) is 17.1 Å². The van der Waals surface area contributed by atoms with E-state index in [1.807, 2.05) is 62.6 Å². The number of unbranched alkanes of at least 4 members (excludes halogenated alkanes) is 1. The van der Waals surface area contributed by atoms with Crippen LogP contribution in [-0.2, 0) is 4.79 Å². The third kappa shape index (κ3) is 6.43. The Bertz CT molecular complexity index is 912. The minimum absolute atomic E-state index is 0.126. The van der Waals surface area contributed by atoms with E-state index >= 15 is 0 Å². The Morgan fingerprint density at radius 1 is 1.00 bits per heavy atom. The quantitative estimate of drug-likeness (QED) is 0.375. The number of rotatable bonds is 11. The molecule has 158 valence electrons. The molecule has 0 fully saturated rings. The van der Waals surface area contributed by atoms with Gasteiger partial charge in [0.25, 0.3) is 0 Å². The largest absolute Gasteiger partial charge is 0.355 e. The molecular weight excluding hydrogens is 394 g/mol. The van der Waals surface area contributed by atoms with Crippen LogP contribution in [0.1, 0.15) is 19.3 Å². The van der Waals surface area contributed by atoms with Crippen molar-refractivity contribution in [2.75, 3.05) is 32.9 Å². The Morgan fingerprint density at radius 3 is 2.40 bits per heavy atom. The summed E-state index contributed by atoms with van der Waals surface area (Å²) in [6.07, 6.45) is 2.38. The van der Waals surface area contributed by atoms with E-state index in [2.05, 4.69) is 37.1 Å². The summed E-state index contributed by atoms with van der Waals surface area (Å²) in [6.45, 7) is 1.56. The average Bonchev–Trinajstić information content (AvgIpc) is 3.18. The summed E-state index contributed by atoms with van der Waals surface area (Å²) in [4.78, 5) is 14.0. The molecule has 0 unspecified atom stereocenters. The van der Waals surface area contributed by atoms with Crippen molar-refractivity contribution in [3.05, 3.63) is 60.7 Å². The molecule has 0 saturated carbocycles. The van der Waals surface area contributed by atoms with Gasteiger partial charge >= 0.3 is 0 Å². The molecule has 1 aromatic heterocycles. The third-order valence-corrected chi connectivity index (χ3v) is 5.61. The van der Waals surface area contributed by atoms with Crippen LogP contribution in [0.4, 0.5) is 0 Å². The normalized spacial score (nSPS) is 11.0. The Kier molecular flexibility index (Phi) is 8.47. The fraction of sp³-hybridized carbons (Fsp3) is 0.348. The summed E-state index contributed by atoms with van der Waals surface area (Å²) >= 11 is 1.68. The lowest BCUT2D eigenvalue weighted by molar-refractivity contribution is -0.121. The first-order valence-corrected chi connectivity index (χ1v) is 11.2. The van der Waals surface area contributed by atoms with Crippen molar-refractivity contribution in [3.8, 4) is 17.1 Å². The van der Waals surface area contributed by atoms with E-state index < -0.39 is 0 Å². The molecule has 0 spiro atoms. The SMILES string of the molecule is CN(C)CCNC(=O)CCCCSc1nnc(-c2ccccc2)n1-c1ccccc1. The molecule has 30 heavy (non-hydrogen) atoms. The van der Waals surface area contributed by atoms with Crippen molar-refractivity contribution in [1.29, 1.82) is 0 Å². The molecule has 2 aromatic carbocycles. The Labute approximate surface area is 182 Å². The Morgan fingerprint density at radius 2 is 1.70 bits per heavy atom. The first-order chi connectivity index (χ1) is 14.6. The second kappa shape index (κ2) is 11.5. The predicted molar refractivity (Wildman–Crippen MR) is 123 cm³/mol. The second-order valence-electron chi connectivity index (χ2n) is 7.30. The number of hydrogen-bond acceptors (Lipinski definition) is 5. The molecule has 0 bridgehead atoms. The number of nitrogens with one attached hydrogen (secondary N) is 1. The van der Waals surface area contributed by atoms with E-state index in [0.717, 1.165) is 47.4 Å². The summed E-state index contributed by atoms with van der Waals surface area (Å²) in [5.41, 5.74) is 2.08. The molecule has 3 rings (SSSR count). The number of nitrogens with zero attached hydrogens (tertiary/aromatic N) is 4. The van der Waals surface area contributed by atoms with Gasteiger partial charge in [0.15, 0.2) is 11.0 Å². The Balaban J connectivity index is 1.58. The fourth-order valence-electron chi connectivity index (χ4n) is 3.01. The van der Waals surface area contributed by atoms with Crippen LogP contribution in [0, 0.1) is 0 Å². The van der Waals surface area contributed by atoms with Gasteiger partial charge in [-0.1, -0.05) is 60.3 Å². The molecule has 6 nitrogen and oxygen atoms in total. The first kappa shape index (κ1) is 22.1. The highest BCUT2D eigenvalue weighted by Crippen LogP contribution is 2.28. The topological polar surface area (TPSA) is 63.1 Å². The van der Waals surface area contributed by atoms with Gasteiger partial charge in [0.2, 0.25) is 5.91 Å². The summed E-state index contributed by atoms with van der Waals surface area (Å²) in [6, 6.07) is 20.3. The number of likely N-dealkylation sites (N-methyl/N-ethyl adjacent to an activating group) is 1. The molecule has 0 aliphatic carbocycles. The maximum atomic E-state index is 11.9. The van der Waals surface area contributed by atoms with Gasteiger partial charge in [-0.15, -0.1) is 10.2 Å². The van der Waals surface area contributed by atoms with Crippen LogP contribution in [-0.4, -0.2) is 58.5 Å². The molecule has 1 amide bonds. The summed E-state index contributed by atoms with van der Waals surface area (Å²) in [7, 11) is 4.00. The fourth-order valence-corrected chi connectivity index (χ4v) is 3.96. The molecule has 0 radical (unpaired) electrons. The molecular formula is C23H29N5OS. The van der Waals surface area contributed by atoms with Crippen molar-refractivity contribution in [3.63, 3.8) is 0 Å². The Hall–Kier alpha value is -2.64. The van der Waals surface area contributed by atoms with E-state index in [4.69, 9.17) is 0 Å². The zero-order valence-corrected chi connectivity index (χ0v) is 18.4. The zero-order chi connectivity index (χ0) is 21.2. The van der Waals surface area contributed by atoms with Crippen LogP contribution >= 0.6 is 11.8 Å². The van der Waals surface area contributed by atoms with Gasteiger partial charge in [-0.05, 0) is 39.1 Å².